The Hall–Kier alpha value is -3.24. The molecule has 0 fully saturated rings. The highest BCUT2D eigenvalue weighted by molar-refractivity contribution is 7.82. The first kappa shape index (κ1) is 23.8. The Morgan fingerprint density at radius 1 is 0.395 bits per heavy atom. The van der Waals surface area contributed by atoms with Crippen LogP contribution in [0.5, 0.6) is 0 Å². The summed E-state index contributed by atoms with van der Waals surface area (Å²) in [7, 11) is -1.35. The summed E-state index contributed by atoms with van der Waals surface area (Å²) in [5.74, 6) is 0. The second kappa shape index (κ2) is 8.91. The van der Waals surface area contributed by atoms with Gasteiger partial charge in [0.2, 0.25) is 0 Å². The molecule has 0 saturated heterocycles. The van der Waals surface area contributed by atoms with Crippen LogP contribution in [0.2, 0.25) is 0 Å². The monoisotopic (exact) mass is 527 g/mol. The maximum absolute atomic E-state index is 2.61. The van der Waals surface area contributed by atoms with Gasteiger partial charge in [-0.1, -0.05) is 83.9 Å². The molecule has 2 aliphatic heterocycles. The Labute approximate surface area is 228 Å². The normalized spacial score (nSPS) is 17.0. The van der Waals surface area contributed by atoms with Crippen molar-refractivity contribution < 1.29 is 0 Å². The van der Waals surface area contributed by atoms with Gasteiger partial charge in [-0.15, -0.1) is 0 Å². The highest BCUT2D eigenvalue weighted by Gasteiger charge is 2.41. The second-order valence-electron chi connectivity index (χ2n) is 10.8. The molecular formula is C35H31NP2. The first-order valence-corrected chi connectivity index (χ1v) is 16.0. The highest BCUT2D eigenvalue weighted by atomic mass is 31.1. The van der Waals surface area contributed by atoms with Gasteiger partial charge in [0.25, 0.3) is 0 Å². The molecule has 0 radical (unpaired) electrons. The Morgan fingerprint density at radius 3 is 1.21 bits per heavy atom. The molecule has 3 heteroatoms. The van der Waals surface area contributed by atoms with E-state index in [1.165, 1.54) is 76.7 Å². The number of hydrogen-bond acceptors (Lipinski definition) is 1. The molecule has 0 aromatic heterocycles. The van der Waals surface area contributed by atoms with Gasteiger partial charge >= 0.3 is 0 Å². The molecular weight excluding hydrogens is 496 g/mol. The molecule has 0 amide bonds. The third-order valence-corrected chi connectivity index (χ3v) is 12.7. The van der Waals surface area contributed by atoms with Gasteiger partial charge in [0.15, 0.2) is 0 Å². The van der Waals surface area contributed by atoms with E-state index < -0.39 is 15.8 Å². The molecule has 5 aromatic rings. The lowest BCUT2D eigenvalue weighted by Gasteiger charge is -2.45. The summed E-state index contributed by atoms with van der Waals surface area (Å²) in [6, 6.07) is 37.7. The number of anilines is 3. The van der Waals surface area contributed by atoms with Gasteiger partial charge in [0.05, 0.1) is 17.1 Å². The van der Waals surface area contributed by atoms with Crippen molar-refractivity contribution in [1.29, 1.82) is 0 Å². The van der Waals surface area contributed by atoms with Crippen molar-refractivity contribution in [2.45, 2.75) is 34.6 Å². The van der Waals surface area contributed by atoms with Crippen molar-refractivity contribution in [2.24, 2.45) is 0 Å². The number of benzene rings is 5. The van der Waals surface area contributed by atoms with E-state index in [4.69, 9.17) is 0 Å². The fourth-order valence-corrected chi connectivity index (χ4v) is 11.3. The third kappa shape index (κ3) is 3.68. The van der Waals surface area contributed by atoms with E-state index in [9.17, 15) is 0 Å². The minimum Gasteiger partial charge on any atom is -0.308 e. The van der Waals surface area contributed by atoms with Gasteiger partial charge in [0, 0.05) is 21.2 Å². The molecule has 2 unspecified atom stereocenters. The van der Waals surface area contributed by atoms with Crippen LogP contribution < -0.4 is 36.7 Å². The van der Waals surface area contributed by atoms with Crippen LogP contribution in [0.15, 0.2) is 97.1 Å². The summed E-state index contributed by atoms with van der Waals surface area (Å²) in [6.45, 7) is 11.1. The molecule has 0 aliphatic carbocycles. The van der Waals surface area contributed by atoms with E-state index in [0.717, 1.165) is 0 Å². The zero-order chi connectivity index (χ0) is 26.1. The van der Waals surface area contributed by atoms with Gasteiger partial charge in [-0.2, -0.15) is 0 Å². The number of nitrogens with zero attached hydrogens (tertiary/aromatic N) is 1. The zero-order valence-corrected chi connectivity index (χ0v) is 24.4. The molecule has 0 bridgehead atoms. The van der Waals surface area contributed by atoms with Gasteiger partial charge in [0.1, 0.15) is 0 Å². The summed E-state index contributed by atoms with van der Waals surface area (Å²) in [5.41, 5.74) is 10.7. The molecule has 38 heavy (non-hydrogen) atoms. The number of hydrogen-bond donors (Lipinski definition) is 0. The van der Waals surface area contributed by atoms with Gasteiger partial charge in [-0.05, 0) is 102 Å². The van der Waals surface area contributed by atoms with Crippen molar-refractivity contribution in [3.8, 4) is 0 Å². The maximum atomic E-state index is 2.61. The van der Waals surface area contributed by atoms with Crippen LogP contribution in [0.4, 0.5) is 17.1 Å². The average Bonchev–Trinajstić information content (AvgIpc) is 2.90. The molecule has 186 valence electrons. The van der Waals surface area contributed by atoms with E-state index >= 15 is 0 Å². The van der Waals surface area contributed by atoms with Gasteiger partial charge in [-0.3, -0.25) is 0 Å². The van der Waals surface area contributed by atoms with Crippen molar-refractivity contribution in [3.05, 3.63) is 125 Å². The molecule has 2 heterocycles. The lowest BCUT2D eigenvalue weighted by molar-refractivity contribution is 1.28. The largest absolute Gasteiger partial charge is 0.308 e. The zero-order valence-electron chi connectivity index (χ0n) is 22.6. The SMILES string of the molecule is Cc1ccc(P2c3ccc(C)cc3N3c4cc(C)ccc4P(c4ccc(C)cc4)c4cc(C)cc2c43)cc1. The Bertz CT molecular complexity index is 1590. The van der Waals surface area contributed by atoms with E-state index in [1.807, 2.05) is 0 Å². The molecule has 1 nitrogen and oxygen atoms in total. The summed E-state index contributed by atoms with van der Waals surface area (Å²) in [6.07, 6.45) is 0. The van der Waals surface area contributed by atoms with Crippen molar-refractivity contribution >= 4 is 64.7 Å². The summed E-state index contributed by atoms with van der Waals surface area (Å²) in [5, 5.41) is 8.74. The minimum atomic E-state index is -0.676. The minimum absolute atomic E-state index is 0.676. The fraction of sp³-hybridized carbons (Fsp3) is 0.143. The van der Waals surface area contributed by atoms with Crippen molar-refractivity contribution in [2.75, 3.05) is 4.90 Å². The van der Waals surface area contributed by atoms with Crippen LogP contribution in [-0.4, -0.2) is 0 Å². The smallest absolute Gasteiger partial charge is 0.0629 e. The van der Waals surface area contributed by atoms with E-state index in [2.05, 4.69) is 137 Å². The fourth-order valence-electron chi connectivity index (χ4n) is 5.89. The standard InChI is InChI=1S/C35H31NP2/c1-22-6-12-27(13-7-22)37-31-16-10-24(3)18-29(31)36-30-19-25(4)11-17-32(30)38(28-14-8-23(2)9-15-28)34-21-26(5)20-33(37)35(34)36/h6-21H,1-5H3. The molecule has 2 aliphatic rings. The Morgan fingerprint density at radius 2 is 0.789 bits per heavy atom. The Kier molecular flexibility index (Phi) is 5.59. The molecule has 0 N–H and O–H groups in total. The molecule has 5 aromatic carbocycles. The van der Waals surface area contributed by atoms with Crippen LogP contribution in [-0.2, 0) is 0 Å². The average molecular weight is 528 g/mol. The predicted molar refractivity (Wildman–Crippen MR) is 169 cm³/mol. The number of aryl methyl sites for hydroxylation is 5. The van der Waals surface area contributed by atoms with Gasteiger partial charge < -0.3 is 4.90 Å². The topological polar surface area (TPSA) is 3.24 Å². The lowest BCUT2D eigenvalue weighted by Crippen LogP contribution is -2.43. The molecule has 0 saturated carbocycles. The van der Waals surface area contributed by atoms with Crippen LogP contribution in [0.1, 0.15) is 27.8 Å². The van der Waals surface area contributed by atoms with Crippen LogP contribution in [0.25, 0.3) is 0 Å². The van der Waals surface area contributed by atoms with E-state index in [0.29, 0.717) is 0 Å². The van der Waals surface area contributed by atoms with Gasteiger partial charge in [-0.25, -0.2) is 0 Å². The quantitative estimate of drug-likeness (QED) is 0.223. The van der Waals surface area contributed by atoms with Crippen molar-refractivity contribution in [1.82, 2.24) is 0 Å². The summed E-state index contributed by atoms with van der Waals surface area (Å²) in [4.78, 5) is 2.61. The predicted octanol–water partition coefficient (Wildman–Crippen LogP) is 6.84. The maximum Gasteiger partial charge on any atom is 0.0629 e. The second-order valence-corrected chi connectivity index (χ2v) is 15.1. The highest BCUT2D eigenvalue weighted by Crippen LogP contribution is 2.55. The third-order valence-electron chi connectivity index (χ3n) is 7.73. The number of rotatable bonds is 2. The van der Waals surface area contributed by atoms with Crippen LogP contribution >= 0.6 is 15.8 Å². The lowest BCUT2D eigenvalue weighted by atomic mass is 10.1. The first-order chi connectivity index (χ1) is 18.4. The van der Waals surface area contributed by atoms with E-state index in [1.54, 1.807) is 0 Å². The van der Waals surface area contributed by atoms with E-state index in [-0.39, 0.29) is 0 Å². The Balaban J connectivity index is 1.60. The van der Waals surface area contributed by atoms with Crippen molar-refractivity contribution in [3.63, 3.8) is 0 Å². The van der Waals surface area contributed by atoms with Crippen LogP contribution in [0.3, 0.4) is 0 Å². The number of fused-ring (bicyclic) bond motifs is 4. The molecule has 2 atom stereocenters. The first-order valence-electron chi connectivity index (χ1n) is 13.3. The molecule has 7 rings (SSSR count). The molecule has 0 spiro atoms. The summed E-state index contributed by atoms with van der Waals surface area (Å²) >= 11 is 0. The van der Waals surface area contributed by atoms with Crippen LogP contribution in [0, 0.1) is 34.6 Å². The summed E-state index contributed by atoms with van der Waals surface area (Å²) < 4.78 is 0.